The lowest BCUT2D eigenvalue weighted by atomic mass is 10.1. The maximum Gasteiger partial charge on any atom is 0.259 e. The van der Waals surface area contributed by atoms with Gasteiger partial charge in [-0.2, -0.15) is 0 Å². The van der Waals surface area contributed by atoms with E-state index in [1.54, 1.807) is 12.1 Å². The highest BCUT2D eigenvalue weighted by Crippen LogP contribution is 2.21. The number of hydrogen-bond donors (Lipinski definition) is 3. The lowest BCUT2D eigenvalue weighted by Gasteiger charge is -2.29. The Bertz CT molecular complexity index is 480. The van der Waals surface area contributed by atoms with E-state index in [9.17, 15) is 9.59 Å². The van der Waals surface area contributed by atoms with Crippen LogP contribution in [0.2, 0.25) is 0 Å². The van der Waals surface area contributed by atoms with Crippen molar-refractivity contribution in [2.24, 2.45) is 0 Å². The van der Waals surface area contributed by atoms with Gasteiger partial charge in [0.05, 0.1) is 17.2 Å². The number of imide groups is 1. The molecule has 0 bridgehead atoms. The minimum absolute atomic E-state index is 0.308. The quantitative estimate of drug-likeness (QED) is 0.608. The van der Waals surface area contributed by atoms with Crippen molar-refractivity contribution in [2.75, 3.05) is 18.4 Å². The van der Waals surface area contributed by atoms with E-state index in [0.29, 0.717) is 17.2 Å². The molecule has 0 aliphatic carbocycles. The number of anilines is 1. The molecule has 0 radical (unpaired) electrons. The summed E-state index contributed by atoms with van der Waals surface area (Å²) in [5, 5.41) is 8.72. The summed E-state index contributed by atoms with van der Waals surface area (Å²) in [6.07, 6.45) is 0. The van der Waals surface area contributed by atoms with Gasteiger partial charge < -0.3 is 10.6 Å². The molecule has 1 aromatic rings. The summed E-state index contributed by atoms with van der Waals surface area (Å²) >= 11 is 0. The molecule has 82 valence electrons. The van der Waals surface area contributed by atoms with Crippen LogP contribution in [0.3, 0.4) is 0 Å². The van der Waals surface area contributed by atoms with E-state index in [0.717, 1.165) is 18.8 Å². The zero-order valence-corrected chi connectivity index (χ0v) is 8.54. The molecule has 3 rings (SSSR count). The van der Waals surface area contributed by atoms with Crippen molar-refractivity contribution in [1.29, 1.82) is 0 Å². The van der Waals surface area contributed by atoms with Crippen molar-refractivity contribution in [3.05, 3.63) is 29.3 Å². The molecule has 5 nitrogen and oxygen atoms in total. The molecule has 3 N–H and O–H groups in total. The van der Waals surface area contributed by atoms with Crippen LogP contribution in [0.25, 0.3) is 0 Å². The second-order valence-corrected chi connectivity index (χ2v) is 4.04. The zero-order valence-electron chi connectivity index (χ0n) is 8.54. The number of amides is 2. The van der Waals surface area contributed by atoms with Gasteiger partial charge in [0.1, 0.15) is 0 Å². The van der Waals surface area contributed by atoms with Crippen molar-refractivity contribution < 1.29 is 9.59 Å². The second-order valence-electron chi connectivity index (χ2n) is 4.04. The SMILES string of the molecule is O=C1NC(=O)c2cc(NC3CNC3)ccc21. The lowest BCUT2D eigenvalue weighted by Crippen LogP contribution is -2.51. The van der Waals surface area contributed by atoms with Gasteiger partial charge >= 0.3 is 0 Å². The fourth-order valence-electron chi connectivity index (χ4n) is 1.88. The van der Waals surface area contributed by atoms with Crippen molar-refractivity contribution in [3.8, 4) is 0 Å². The van der Waals surface area contributed by atoms with Crippen molar-refractivity contribution in [1.82, 2.24) is 10.6 Å². The van der Waals surface area contributed by atoms with Gasteiger partial charge in [0.2, 0.25) is 0 Å². The van der Waals surface area contributed by atoms with Crippen molar-refractivity contribution in [3.63, 3.8) is 0 Å². The van der Waals surface area contributed by atoms with Gasteiger partial charge in [-0.15, -0.1) is 0 Å². The highest BCUT2D eigenvalue weighted by atomic mass is 16.2. The predicted octanol–water partition coefficient (Wildman–Crippen LogP) is -0.0461. The summed E-state index contributed by atoms with van der Waals surface area (Å²) in [6, 6.07) is 5.66. The topological polar surface area (TPSA) is 70.2 Å². The first kappa shape index (κ1) is 9.35. The van der Waals surface area contributed by atoms with Crippen LogP contribution in [0.1, 0.15) is 20.7 Å². The highest BCUT2D eigenvalue weighted by Gasteiger charge is 2.27. The van der Waals surface area contributed by atoms with Gasteiger partial charge in [0, 0.05) is 18.8 Å². The standard InChI is InChI=1S/C11H11N3O2/c15-10-8-2-1-6(13-7-4-12-5-7)3-9(8)11(16)14-10/h1-3,7,12-13H,4-5H2,(H,14,15,16). The van der Waals surface area contributed by atoms with Crippen LogP contribution < -0.4 is 16.0 Å². The average Bonchev–Trinajstić information content (AvgIpc) is 2.49. The van der Waals surface area contributed by atoms with Gasteiger partial charge in [-0.25, -0.2) is 0 Å². The largest absolute Gasteiger partial charge is 0.380 e. The summed E-state index contributed by atoms with van der Waals surface area (Å²) in [7, 11) is 0. The normalized spacial score (nSPS) is 19.0. The van der Waals surface area contributed by atoms with Crippen LogP contribution in [0, 0.1) is 0 Å². The Morgan fingerprint density at radius 1 is 1.12 bits per heavy atom. The van der Waals surface area contributed by atoms with E-state index in [1.807, 2.05) is 6.07 Å². The number of benzene rings is 1. The molecule has 16 heavy (non-hydrogen) atoms. The molecular weight excluding hydrogens is 206 g/mol. The van der Waals surface area contributed by atoms with Crippen LogP contribution in [0.4, 0.5) is 5.69 Å². The van der Waals surface area contributed by atoms with E-state index in [1.165, 1.54) is 0 Å². The van der Waals surface area contributed by atoms with E-state index in [4.69, 9.17) is 0 Å². The Labute approximate surface area is 92.2 Å². The zero-order chi connectivity index (χ0) is 11.1. The molecule has 0 saturated carbocycles. The van der Waals surface area contributed by atoms with Crippen LogP contribution in [0.15, 0.2) is 18.2 Å². The number of carbonyl (C=O) groups is 2. The van der Waals surface area contributed by atoms with Gasteiger partial charge in [-0.3, -0.25) is 14.9 Å². The molecule has 2 heterocycles. The van der Waals surface area contributed by atoms with E-state index in [2.05, 4.69) is 16.0 Å². The summed E-state index contributed by atoms with van der Waals surface area (Å²) in [5.41, 5.74) is 1.81. The van der Waals surface area contributed by atoms with Crippen LogP contribution in [-0.2, 0) is 0 Å². The molecule has 1 aromatic carbocycles. The van der Waals surface area contributed by atoms with Gasteiger partial charge in [0.15, 0.2) is 0 Å². The van der Waals surface area contributed by atoms with Crippen molar-refractivity contribution >= 4 is 17.5 Å². The number of carbonyl (C=O) groups excluding carboxylic acids is 2. The average molecular weight is 217 g/mol. The maximum absolute atomic E-state index is 11.4. The third-order valence-corrected chi connectivity index (χ3v) is 2.89. The fourth-order valence-corrected chi connectivity index (χ4v) is 1.88. The first-order valence-corrected chi connectivity index (χ1v) is 5.21. The predicted molar refractivity (Wildman–Crippen MR) is 58.5 cm³/mol. The van der Waals surface area contributed by atoms with Gasteiger partial charge in [0.25, 0.3) is 11.8 Å². The number of nitrogens with one attached hydrogen (secondary N) is 3. The highest BCUT2D eigenvalue weighted by molar-refractivity contribution is 6.21. The summed E-state index contributed by atoms with van der Waals surface area (Å²) in [6.45, 7) is 1.87. The molecular formula is C11H11N3O2. The smallest absolute Gasteiger partial charge is 0.259 e. The minimum atomic E-state index is -0.310. The second kappa shape index (κ2) is 3.31. The Kier molecular flexibility index (Phi) is 1.94. The van der Waals surface area contributed by atoms with Crippen molar-refractivity contribution in [2.45, 2.75) is 6.04 Å². The van der Waals surface area contributed by atoms with Gasteiger partial charge in [-0.1, -0.05) is 0 Å². The van der Waals surface area contributed by atoms with E-state index < -0.39 is 0 Å². The van der Waals surface area contributed by atoms with Gasteiger partial charge in [-0.05, 0) is 18.2 Å². The third-order valence-electron chi connectivity index (χ3n) is 2.89. The number of hydrogen-bond acceptors (Lipinski definition) is 4. The number of rotatable bonds is 2. The van der Waals surface area contributed by atoms with E-state index in [-0.39, 0.29) is 11.8 Å². The lowest BCUT2D eigenvalue weighted by molar-refractivity contribution is 0.0879. The Morgan fingerprint density at radius 2 is 1.88 bits per heavy atom. The molecule has 2 amide bonds. The first-order valence-electron chi connectivity index (χ1n) is 5.21. The molecule has 0 aromatic heterocycles. The summed E-state index contributed by atoms with van der Waals surface area (Å²) in [4.78, 5) is 22.7. The number of fused-ring (bicyclic) bond motifs is 1. The molecule has 0 spiro atoms. The Balaban J connectivity index is 1.89. The van der Waals surface area contributed by atoms with E-state index >= 15 is 0 Å². The summed E-state index contributed by atoms with van der Waals surface area (Å²) in [5.74, 6) is -0.618. The Hall–Kier alpha value is -1.88. The first-order chi connectivity index (χ1) is 7.74. The van der Waals surface area contributed by atoms with Crippen LogP contribution >= 0.6 is 0 Å². The molecule has 5 heteroatoms. The Morgan fingerprint density at radius 3 is 2.56 bits per heavy atom. The van der Waals surface area contributed by atoms with Crippen LogP contribution in [-0.4, -0.2) is 30.9 Å². The van der Waals surface area contributed by atoms with Crippen LogP contribution in [0.5, 0.6) is 0 Å². The minimum Gasteiger partial charge on any atom is -0.380 e. The third kappa shape index (κ3) is 1.37. The molecule has 1 saturated heterocycles. The monoisotopic (exact) mass is 217 g/mol. The fraction of sp³-hybridized carbons (Fsp3) is 0.273. The molecule has 0 atom stereocenters. The molecule has 1 fully saturated rings. The maximum atomic E-state index is 11.4. The molecule has 0 unspecified atom stereocenters. The summed E-state index contributed by atoms with van der Waals surface area (Å²) < 4.78 is 0. The molecule has 2 aliphatic heterocycles. The molecule has 2 aliphatic rings.